The van der Waals surface area contributed by atoms with Crippen LogP contribution in [0.1, 0.15) is 32.5 Å². The third-order valence-electron chi connectivity index (χ3n) is 2.79. The van der Waals surface area contributed by atoms with Crippen LogP contribution in [-0.4, -0.2) is 35.6 Å². The van der Waals surface area contributed by atoms with Gasteiger partial charge in [-0.05, 0) is 26.7 Å². The van der Waals surface area contributed by atoms with Crippen LogP contribution in [0.2, 0.25) is 0 Å². The number of aromatic amines is 1. The molecule has 0 radical (unpaired) electrons. The average molecular weight is 261 g/mol. The van der Waals surface area contributed by atoms with E-state index in [9.17, 15) is 8.42 Å². The molecular formula is C10H19N3O3S. The molecule has 0 amide bonds. The highest BCUT2D eigenvalue weighted by Crippen LogP contribution is 2.18. The monoisotopic (exact) mass is 261 g/mol. The summed E-state index contributed by atoms with van der Waals surface area (Å²) < 4.78 is 26.7. The largest absolute Gasteiger partial charge is 0.396 e. The van der Waals surface area contributed by atoms with Crippen LogP contribution in [-0.2, 0) is 10.0 Å². The van der Waals surface area contributed by atoms with Crippen LogP contribution in [0.3, 0.4) is 0 Å². The predicted molar refractivity (Wildman–Crippen MR) is 64.0 cm³/mol. The maximum atomic E-state index is 12.0. The van der Waals surface area contributed by atoms with E-state index in [2.05, 4.69) is 14.7 Å². The molecule has 0 saturated carbocycles. The summed E-state index contributed by atoms with van der Waals surface area (Å²) in [6, 6.07) is 0. The second-order valence-electron chi connectivity index (χ2n) is 4.33. The maximum absolute atomic E-state index is 12.0. The molecule has 0 aliphatic rings. The van der Waals surface area contributed by atoms with Gasteiger partial charge in [0.2, 0.25) is 0 Å². The second-order valence-corrected chi connectivity index (χ2v) is 5.98. The molecule has 1 rings (SSSR count). The number of nitrogens with zero attached hydrogens (tertiary/aromatic N) is 1. The van der Waals surface area contributed by atoms with Crippen molar-refractivity contribution >= 4 is 10.0 Å². The first-order valence-electron chi connectivity index (χ1n) is 5.49. The van der Waals surface area contributed by atoms with Crippen molar-refractivity contribution in [3.05, 3.63) is 12.0 Å². The molecule has 1 aromatic heterocycles. The van der Waals surface area contributed by atoms with E-state index in [0.29, 0.717) is 18.7 Å². The Bertz CT molecular complexity index is 469. The second kappa shape index (κ2) is 5.16. The summed E-state index contributed by atoms with van der Waals surface area (Å²) >= 11 is 0. The molecule has 98 valence electrons. The Kier molecular flexibility index (Phi) is 4.29. The van der Waals surface area contributed by atoms with E-state index >= 15 is 0 Å². The van der Waals surface area contributed by atoms with Crippen LogP contribution >= 0.6 is 0 Å². The first kappa shape index (κ1) is 14.1. The molecule has 1 unspecified atom stereocenters. The van der Waals surface area contributed by atoms with Crippen molar-refractivity contribution in [1.29, 1.82) is 0 Å². The number of aliphatic hydroxyl groups excluding tert-OH is 1. The molecule has 7 heteroatoms. The van der Waals surface area contributed by atoms with Crippen molar-refractivity contribution in [3.8, 4) is 0 Å². The normalized spacial score (nSPS) is 15.8. The molecule has 0 spiro atoms. The fraction of sp³-hybridized carbons (Fsp3) is 0.700. The zero-order chi connectivity index (χ0) is 13.1. The number of aryl methyl sites for hydroxylation is 1. The van der Waals surface area contributed by atoms with Crippen molar-refractivity contribution in [2.24, 2.45) is 0 Å². The van der Waals surface area contributed by atoms with Gasteiger partial charge in [-0.1, -0.05) is 6.92 Å². The molecule has 0 bridgehead atoms. The lowest BCUT2D eigenvalue weighted by atomic mass is 9.97. The molecule has 0 aliphatic carbocycles. The van der Waals surface area contributed by atoms with Crippen molar-refractivity contribution in [2.45, 2.75) is 44.2 Å². The molecule has 17 heavy (non-hydrogen) atoms. The number of aliphatic hydroxyl groups is 1. The summed E-state index contributed by atoms with van der Waals surface area (Å²) in [5, 5.41) is 9.00. The third-order valence-corrected chi connectivity index (χ3v) is 4.34. The Morgan fingerprint density at radius 3 is 2.65 bits per heavy atom. The minimum atomic E-state index is -3.61. The van der Waals surface area contributed by atoms with Crippen molar-refractivity contribution in [3.63, 3.8) is 0 Å². The Morgan fingerprint density at radius 2 is 2.24 bits per heavy atom. The summed E-state index contributed by atoms with van der Waals surface area (Å²) in [6.07, 6.45) is 2.25. The average Bonchev–Trinajstić information content (AvgIpc) is 2.65. The Labute approximate surface area is 102 Å². The molecule has 0 aromatic carbocycles. The van der Waals surface area contributed by atoms with Crippen molar-refractivity contribution in [2.75, 3.05) is 6.61 Å². The SMILES string of the molecule is CCC(C)(CCO)NS(=O)(=O)c1cnc(C)[nH]1. The quantitative estimate of drug-likeness (QED) is 0.697. The molecule has 1 heterocycles. The highest BCUT2D eigenvalue weighted by Gasteiger charge is 2.29. The summed E-state index contributed by atoms with van der Waals surface area (Å²) in [5.74, 6) is 0.547. The molecule has 0 saturated heterocycles. The van der Waals surface area contributed by atoms with Gasteiger partial charge in [0, 0.05) is 12.1 Å². The van der Waals surface area contributed by atoms with Gasteiger partial charge in [0.05, 0.1) is 6.20 Å². The molecule has 3 N–H and O–H groups in total. The molecule has 0 aliphatic heterocycles. The summed E-state index contributed by atoms with van der Waals surface area (Å²) in [7, 11) is -3.61. The molecule has 1 atom stereocenters. The van der Waals surface area contributed by atoms with Gasteiger partial charge in [-0.2, -0.15) is 0 Å². The number of sulfonamides is 1. The van der Waals surface area contributed by atoms with Gasteiger partial charge in [-0.15, -0.1) is 0 Å². The Balaban J connectivity index is 2.93. The van der Waals surface area contributed by atoms with Crippen molar-refractivity contribution in [1.82, 2.24) is 14.7 Å². The predicted octanol–water partition coefficient (Wildman–Crippen LogP) is 0.548. The Hall–Kier alpha value is -0.920. The van der Waals surface area contributed by atoms with E-state index in [1.807, 2.05) is 6.92 Å². The van der Waals surface area contributed by atoms with Gasteiger partial charge in [0.25, 0.3) is 10.0 Å². The van der Waals surface area contributed by atoms with Crippen LogP contribution in [0.15, 0.2) is 11.2 Å². The number of nitrogens with one attached hydrogen (secondary N) is 2. The fourth-order valence-corrected chi connectivity index (χ4v) is 2.94. The lowest BCUT2D eigenvalue weighted by Gasteiger charge is -2.28. The molecule has 0 fully saturated rings. The molecule has 6 nitrogen and oxygen atoms in total. The standard InChI is InChI=1S/C10H19N3O3S/c1-4-10(3,5-6-14)13-17(15,16)9-7-11-8(2)12-9/h7,13-14H,4-6H2,1-3H3,(H,11,12). The van der Waals surface area contributed by atoms with E-state index in [1.54, 1.807) is 13.8 Å². The van der Waals surface area contributed by atoms with E-state index in [-0.39, 0.29) is 11.6 Å². The van der Waals surface area contributed by atoms with E-state index in [0.717, 1.165) is 0 Å². The zero-order valence-electron chi connectivity index (χ0n) is 10.3. The van der Waals surface area contributed by atoms with Gasteiger partial charge >= 0.3 is 0 Å². The summed E-state index contributed by atoms with van der Waals surface area (Å²) in [5.41, 5.74) is -0.646. The van der Waals surface area contributed by atoms with Gasteiger partial charge in [0.1, 0.15) is 5.82 Å². The number of aromatic nitrogens is 2. The molecule has 1 aromatic rings. The minimum Gasteiger partial charge on any atom is -0.396 e. The number of rotatable bonds is 6. The summed E-state index contributed by atoms with van der Waals surface area (Å²) in [4.78, 5) is 6.54. The van der Waals surface area contributed by atoms with Crippen LogP contribution in [0.4, 0.5) is 0 Å². The van der Waals surface area contributed by atoms with Gasteiger partial charge in [0.15, 0.2) is 5.03 Å². The highest BCUT2D eigenvalue weighted by atomic mass is 32.2. The van der Waals surface area contributed by atoms with E-state index < -0.39 is 15.6 Å². The lowest BCUT2D eigenvalue weighted by molar-refractivity contribution is 0.233. The van der Waals surface area contributed by atoms with Gasteiger partial charge < -0.3 is 10.1 Å². The number of H-pyrrole nitrogens is 1. The molecular weight excluding hydrogens is 242 g/mol. The smallest absolute Gasteiger partial charge is 0.258 e. The first-order valence-corrected chi connectivity index (χ1v) is 6.98. The van der Waals surface area contributed by atoms with Gasteiger partial charge in [-0.25, -0.2) is 18.1 Å². The Morgan fingerprint density at radius 1 is 1.59 bits per heavy atom. The summed E-state index contributed by atoms with van der Waals surface area (Å²) in [6.45, 7) is 5.26. The van der Waals surface area contributed by atoms with Crippen molar-refractivity contribution < 1.29 is 13.5 Å². The van der Waals surface area contributed by atoms with Gasteiger partial charge in [-0.3, -0.25) is 0 Å². The number of hydrogen-bond donors (Lipinski definition) is 3. The number of imidazole rings is 1. The number of hydrogen-bond acceptors (Lipinski definition) is 4. The highest BCUT2D eigenvalue weighted by molar-refractivity contribution is 7.89. The zero-order valence-corrected chi connectivity index (χ0v) is 11.1. The van der Waals surface area contributed by atoms with Crippen LogP contribution < -0.4 is 4.72 Å². The minimum absolute atomic E-state index is 0.0487. The van der Waals surface area contributed by atoms with Crippen LogP contribution in [0, 0.1) is 6.92 Å². The first-order chi connectivity index (χ1) is 7.83. The van der Waals surface area contributed by atoms with E-state index in [1.165, 1.54) is 6.20 Å². The lowest BCUT2D eigenvalue weighted by Crippen LogP contribution is -2.46. The van der Waals surface area contributed by atoms with Crippen LogP contribution in [0.25, 0.3) is 0 Å². The third kappa shape index (κ3) is 3.52. The maximum Gasteiger partial charge on any atom is 0.258 e. The van der Waals surface area contributed by atoms with E-state index in [4.69, 9.17) is 5.11 Å². The van der Waals surface area contributed by atoms with Crippen LogP contribution in [0.5, 0.6) is 0 Å². The fourth-order valence-electron chi connectivity index (χ4n) is 1.46. The topological polar surface area (TPSA) is 95.1 Å².